The van der Waals surface area contributed by atoms with E-state index < -0.39 is 5.60 Å². The average Bonchev–Trinajstić information content (AvgIpc) is 2.76. The molecule has 0 unspecified atom stereocenters. The third kappa shape index (κ3) is 3.10. The minimum Gasteiger partial charge on any atom is -0.387 e. The second-order valence-electron chi connectivity index (χ2n) is 4.92. The Hall–Kier alpha value is -2.35. The van der Waals surface area contributed by atoms with Crippen molar-refractivity contribution in [2.45, 2.75) is 25.9 Å². The van der Waals surface area contributed by atoms with E-state index in [0.29, 0.717) is 24.1 Å². The molecule has 1 aliphatic heterocycles. The van der Waals surface area contributed by atoms with Gasteiger partial charge in [-0.25, -0.2) is 0 Å². The van der Waals surface area contributed by atoms with Crippen LogP contribution in [0.1, 0.15) is 36.2 Å². The maximum Gasteiger partial charge on any atom is 0.251 e. The summed E-state index contributed by atoms with van der Waals surface area (Å²) in [6.07, 6.45) is 0.700. The predicted octanol–water partition coefficient (Wildman–Crippen LogP) is 1.84. The molecule has 1 N–H and O–H groups in total. The summed E-state index contributed by atoms with van der Waals surface area (Å²) in [5.74, 6) is -0.216. The van der Waals surface area contributed by atoms with Gasteiger partial charge in [0.25, 0.3) is 5.91 Å². The number of nitrogens with zero attached hydrogens (tertiary/aromatic N) is 2. The fourth-order valence-corrected chi connectivity index (χ4v) is 1.99. The maximum atomic E-state index is 12.0. The lowest BCUT2D eigenvalue weighted by atomic mass is 10.0. The first-order chi connectivity index (χ1) is 9.02. The van der Waals surface area contributed by atoms with Crippen molar-refractivity contribution in [3.05, 3.63) is 35.4 Å². The van der Waals surface area contributed by atoms with Crippen LogP contribution in [0, 0.1) is 11.3 Å². The predicted molar refractivity (Wildman–Crippen MR) is 70.7 cm³/mol. The molecule has 1 aliphatic rings. The summed E-state index contributed by atoms with van der Waals surface area (Å²) in [4.78, 5) is 17.3. The molecule has 0 spiro atoms. The van der Waals surface area contributed by atoms with Gasteiger partial charge in [0, 0.05) is 12.0 Å². The van der Waals surface area contributed by atoms with E-state index in [1.165, 1.54) is 0 Å². The van der Waals surface area contributed by atoms with Gasteiger partial charge in [0.05, 0.1) is 23.9 Å². The minimum absolute atomic E-state index is 0.216. The first-order valence-corrected chi connectivity index (χ1v) is 6.02. The van der Waals surface area contributed by atoms with Crippen LogP contribution >= 0.6 is 0 Å². The van der Waals surface area contributed by atoms with Crippen molar-refractivity contribution in [1.29, 1.82) is 5.26 Å². The van der Waals surface area contributed by atoms with Gasteiger partial charge < -0.3 is 10.2 Å². The average molecular weight is 257 g/mol. The van der Waals surface area contributed by atoms with Crippen LogP contribution in [0.15, 0.2) is 29.4 Å². The highest BCUT2D eigenvalue weighted by Gasteiger charge is 2.32. The van der Waals surface area contributed by atoms with E-state index in [2.05, 4.69) is 10.5 Å². The Bertz CT molecular complexity index is 574. The molecule has 1 heterocycles. The number of nitriles is 1. The van der Waals surface area contributed by atoms with Crippen molar-refractivity contribution in [1.82, 2.24) is 5.32 Å². The highest BCUT2D eigenvalue weighted by atomic mass is 16.7. The number of nitrogens with one attached hydrogen (secondary N) is 1. The molecule has 1 aromatic rings. The highest BCUT2D eigenvalue weighted by Crippen LogP contribution is 2.22. The summed E-state index contributed by atoms with van der Waals surface area (Å²) >= 11 is 0. The molecule has 1 amide bonds. The van der Waals surface area contributed by atoms with Crippen LogP contribution in [0.25, 0.3) is 0 Å². The molecule has 2 rings (SSSR count). The Morgan fingerprint density at radius 2 is 2.42 bits per heavy atom. The van der Waals surface area contributed by atoms with E-state index in [9.17, 15) is 4.79 Å². The molecule has 1 atom stereocenters. The minimum atomic E-state index is -0.480. The summed E-state index contributed by atoms with van der Waals surface area (Å²) < 4.78 is 0. The van der Waals surface area contributed by atoms with Crippen LogP contribution in [-0.2, 0) is 4.84 Å². The maximum absolute atomic E-state index is 12.0. The lowest BCUT2D eigenvalue weighted by Crippen LogP contribution is -2.40. The summed E-state index contributed by atoms with van der Waals surface area (Å²) in [5.41, 5.74) is 1.38. The summed E-state index contributed by atoms with van der Waals surface area (Å²) in [5, 5.41) is 15.5. The van der Waals surface area contributed by atoms with Crippen LogP contribution in [0.5, 0.6) is 0 Å². The van der Waals surface area contributed by atoms with Crippen molar-refractivity contribution in [3.8, 4) is 6.07 Å². The monoisotopic (exact) mass is 257 g/mol. The number of carbonyl (C=O) groups excluding carboxylic acids is 1. The smallest absolute Gasteiger partial charge is 0.251 e. The van der Waals surface area contributed by atoms with Gasteiger partial charge in [-0.05, 0) is 32.0 Å². The van der Waals surface area contributed by atoms with E-state index in [0.717, 1.165) is 5.71 Å². The Balaban J connectivity index is 1.97. The second kappa shape index (κ2) is 5.11. The number of benzene rings is 1. The largest absolute Gasteiger partial charge is 0.387 e. The van der Waals surface area contributed by atoms with Crippen LogP contribution in [0.4, 0.5) is 0 Å². The van der Waals surface area contributed by atoms with E-state index >= 15 is 0 Å². The molecule has 19 heavy (non-hydrogen) atoms. The van der Waals surface area contributed by atoms with Crippen LogP contribution in [0.3, 0.4) is 0 Å². The second-order valence-corrected chi connectivity index (χ2v) is 4.92. The van der Waals surface area contributed by atoms with Gasteiger partial charge in [-0.1, -0.05) is 11.2 Å². The highest BCUT2D eigenvalue weighted by molar-refractivity contribution is 5.94. The molecule has 0 fully saturated rings. The first kappa shape index (κ1) is 13.1. The fourth-order valence-electron chi connectivity index (χ4n) is 1.99. The molecule has 1 aromatic carbocycles. The van der Waals surface area contributed by atoms with E-state index in [-0.39, 0.29) is 5.91 Å². The topological polar surface area (TPSA) is 74.5 Å². The number of oxime groups is 1. The Kier molecular flexibility index (Phi) is 3.52. The molecule has 98 valence electrons. The third-order valence-electron chi connectivity index (χ3n) is 2.93. The van der Waals surface area contributed by atoms with Crippen molar-refractivity contribution >= 4 is 11.6 Å². The van der Waals surface area contributed by atoms with Crippen molar-refractivity contribution in [2.24, 2.45) is 5.16 Å². The fraction of sp³-hybridized carbons (Fsp3) is 0.357. The van der Waals surface area contributed by atoms with Crippen LogP contribution in [0.2, 0.25) is 0 Å². The van der Waals surface area contributed by atoms with E-state index in [4.69, 9.17) is 10.1 Å². The number of hydrogen-bond acceptors (Lipinski definition) is 4. The van der Waals surface area contributed by atoms with Gasteiger partial charge in [-0.2, -0.15) is 5.26 Å². The van der Waals surface area contributed by atoms with Gasteiger partial charge in [0.2, 0.25) is 0 Å². The zero-order valence-electron chi connectivity index (χ0n) is 10.9. The summed E-state index contributed by atoms with van der Waals surface area (Å²) in [7, 11) is 0. The Morgan fingerprint density at radius 3 is 3.05 bits per heavy atom. The number of amides is 1. The number of carbonyl (C=O) groups is 1. The van der Waals surface area contributed by atoms with Gasteiger partial charge in [0.15, 0.2) is 5.60 Å². The van der Waals surface area contributed by atoms with E-state index in [1.807, 2.05) is 19.9 Å². The molecule has 5 nitrogen and oxygen atoms in total. The number of hydrogen-bond donors (Lipinski definition) is 1. The lowest BCUT2D eigenvalue weighted by molar-refractivity contribution is -0.00181. The van der Waals surface area contributed by atoms with Gasteiger partial charge in [-0.3, -0.25) is 4.79 Å². The summed E-state index contributed by atoms with van der Waals surface area (Å²) in [6, 6.07) is 8.60. The first-order valence-electron chi connectivity index (χ1n) is 6.02. The number of rotatable bonds is 3. The molecule has 0 aliphatic carbocycles. The standard InChI is InChI=1S/C14H15N3O2/c1-10-7-14(2,19-17-10)9-16-13(18)12-5-3-4-11(6-12)8-15/h3-6H,7,9H2,1-2H3,(H,16,18)/t14-/m0/s1. The normalized spacial score (nSPS) is 21.2. The van der Waals surface area contributed by atoms with Gasteiger partial charge in [0.1, 0.15) is 0 Å². The molecular weight excluding hydrogens is 242 g/mol. The zero-order valence-corrected chi connectivity index (χ0v) is 10.9. The summed E-state index contributed by atoms with van der Waals surface area (Å²) in [6.45, 7) is 4.17. The molecule has 0 saturated heterocycles. The lowest BCUT2D eigenvalue weighted by Gasteiger charge is -2.21. The van der Waals surface area contributed by atoms with Gasteiger partial charge in [-0.15, -0.1) is 0 Å². The quantitative estimate of drug-likeness (QED) is 0.897. The Labute approximate surface area is 111 Å². The third-order valence-corrected chi connectivity index (χ3v) is 2.93. The molecular formula is C14H15N3O2. The molecule has 5 heteroatoms. The molecule has 0 saturated carbocycles. The van der Waals surface area contributed by atoms with Crippen molar-refractivity contribution in [3.63, 3.8) is 0 Å². The van der Waals surface area contributed by atoms with Crippen LogP contribution in [-0.4, -0.2) is 23.8 Å². The SMILES string of the molecule is CC1=NO[C@](C)(CNC(=O)c2cccc(C#N)c2)C1. The van der Waals surface area contributed by atoms with Gasteiger partial charge >= 0.3 is 0 Å². The molecule has 0 aromatic heterocycles. The Morgan fingerprint density at radius 1 is 1.63 bits per heavy atom. The van der Waals surface area contributed by atoms with Crippen molar-refractivity contribution in [2.75, 3.05) is 6.54 Å². The van der Waals surface area contributed by atoms with Crippen LogP contribution < -0.4 is 5.32 Å². The van der Waals surface area contributed by atoms with Crippen molar-refractivity contribution < 1.29 is 9.63 Å². The van der Waals surface area contributed by atoms with E-state index in [1.54, 1.807) is 24.3 Å². The molecule has 0 bridgehead atoms. The molecule has 0 radical (unpaired) electrons. The zero-order chi connectivity index (χ0) is 13.9.